The number of aromatic hydroxyl groups is 1. The van der Waals surface area contributed by atoms with E-state index in [2.05, 4.69) is 17.2 Å². The quantitative estimate of drug-likeness (QED) is 0.782. The van der Waals surface area contributed by atoms with E-state index in [9.17, 15) is 9.90 Å². The molecular weight excluding hydrogens is 314 g/mol. The molecule has 0 saturated carbocycles. The number of aromatic nitrogens is 1. The number of benzene rings is 1. The van der Waals surface area contributed by atoms with Crippen molar-refractivity contribution in [2.24, 2.45) is 0 Å². The summed E-state index contributed by atoms with van der Waals surface area (Å²) >= 11 is 0. The highest BCUT2D eigenvalue weighted by molar-refractivity contribution is 5.30. The van der Waals surface area contributed by atoms with Crippen molar-refractivity contribution in [2.75, 3.05) is 6.54 Å². The predicted molar refractivity (Wildman–Crippen MR) is 99.5 cm³/mol. The fourth-order valence-electron chi connectivity index (χ4n) is 3.13. The molecule has 1 fully saturated rings. The molecule has 0 aliphatic carbocycles. The minimum absolute atomic E-state index is 0.161. The highest BCUT2D eigenvalue weighted by atomic mass is 16.3. The van der Waals surface area contributed by atoms with Crippen LogP contribution in [0.3, 0.4) is 0 Å². The number of nitrogens with one attached hydrogen (secondary N) is 2. The molecule has 1 aromatic carbocycles. The van der Waals surface area contributed by atoms with Gasteiger partial charge in [0.15, 0.2) is 5.75 Å². The van der Waals surface area contributed by atoms with Gasteiger partial charge in [-0.1, -0.05) is 36.9 Å². The molecule has 2 aromatic rings. The van der Waals surface area contributed by atoms with Crippen molar-refractivity contribution in [3.8, 4) is 5.75 Å². The molecule has 3 N–H and O–H groups in total. The fourth-order valence-corrected chi connectivity index (χ4v) is 3.13. The summed E-state index contributed by atoms with van der Waals surface area (Å²) in [6.45, 7) is 5.91. The molecule has 0 bridgehead atoms. The maximum Gasteiger partial charge on any atom is 0.293 e. The van der Waals surface area contributed by atoms with E-state index < -0.39 is 0 Å². The Morgan fingerprint density at radius 3 is 2.84 bits per heavy atom. The Balaban J connectivity index is 1.69. The van der Waals surface area contributed by atoms with Crippen LogP contribution in [0.2, 0.25) is 0 Å². The molecule has 3 rings (SSSR count). The molecule has 1 unspecified atom stereocenters. The monoisotopic (exact) mass is 339 g/mol. The van der Waals surface area contributed by atoms with Gasteiger partial charge in [-0.15, -0.1) is 0 Å². The van der Waals surface area contributed by atoms with Gasteiger partial charge in [0.1, 0.15) is 0 Å². The minimum atomic E-state index is -0.360. The van der Waals surface area contributed by atoms with Gasteiger partial charge in [0.05, 0.1) is 6.54 Å². The summed E-state index contributed by atoms with van der Waals surface area (Å²) in [6.07, 6.45) is 5.02. The van der Waals surface area contributed by atoms with E-state index in [1.165, 1.54) is 4.57 Å². The first kappa shape index (κ1) is 17.3. The maximum absolute atomic E-state index is 12.4. The lowest BCUT2D eigenvalue weighted by molar-refractivity contribution is 0.442. The summed E-state index contributed by atoms with van der Waals surface area (Å²) in [7, 11) is 0. The summed E-state index contributed by atoms with van der Waals surface area (Å²) in [6, 6.07) is 11.7. The third-order valence-corrected chi connectivity index (χ3v) is 4.65. The topological polar surface area (TPSA) is 66.3 Å². The molecule has 1 atom stereocenters. The van der Waals surface area contributed by atoms with Gasteiger partial charge in [0.25, 0.3) is 5.56 Å². The second kappa shape index (κ2) is 8.03. The van der Waals surface area contributed by atoms with Gasteiger partial charge in [-0.05, 0) is 30.9 Å². The molecule has 25 heavy (non-hydrogen) atoms. The van der Waals surface area contributed by atoms with E-state index in [-0.39, 0.29) is 17.4 Å². The van der Waals surface area contributed by atoms with Crippen LogP contribution in [0.4, 0.5) is 0 Å². The van der Waals surface area contributed by atoms with Crippen LogP contribution in [0.25, 0.3) is 0 Å². The van der Waals surface area contributed by atoms with Gasteiger partial charge in [0, 0.05) is 36.6 Å². The molecular formula is C20H25N3O2. The Morgan fingerprint density at radius 2 is 2.04 bits per heavy atom. The number of hydrogen-bond donors (Lipinski definition) is 3. The lowest BCUT2D eigenvalue weighted by Crippen LogP contribution is -2.34. The summed E-state index contributed by atoms with van der Waals surface area (Å²) in [4.78, 5) is 12.4. The fraction of sp³-hybridized carbons (Fsp3) is 0.350. The third-order valence-electron chi connectivity index (χ3n) is 4.65. The number of pyridine rings is 1. The normalized spacial score (nSPS) is 17.8. The van der Waals surface area contributed by atoms with Crippen molar-refractivity contribution >= 4 is 0 Å². The van der Waals surface area contributed by atoms with E-state index in [0.29, 0.717) is 18.7 Å². The molecule has 1 aromatic heterocycles. The number of nitrogens with zero attached hydrogens (tertiary/aromatic N) is 1. The Morgan fingerprint density at radius 1 is 1.24 bits per heavy atom. The second-order valence-corrected chi connectivity index (χ2v) is 6.49. The van der Waals surface area contributed by atoms with Crippen molar-refractivity contribution in [2.45, 2.75) is 38.4 Å². The zero-order chi connectivity index (χ0) is 17.6. The zero-order valence-electron chi connectivity index (χ0n) is 14.4. The van der Waals surface area contributed by atoms with Gasteiger partial charge >= 0.3 is 0 Å². The number of hydrogen-bond acceptors (Lipinski definition) is 4. The van der Waals surface area contributed by atoms with Gasteiger partial charge in [-0.25, -0.2) is 0 Å². The van der Waals surface area contributed by atoms with Gasteiger partial charge in [0.2, 0.25) is 0 Å². The van der Waals surface area contributed by atoms with Crippen molar-refractivity contribution < 1.29 is 5.11 Å². The van der Waals surface area contributed by atoms with Crippen molar-refractivity contribution in [3.05, 3.63) is 76.4 Å². The van der Waals surface area contributed by atoms with Crippen molar-refractivity contribution in [1.29, 1.82) is 0 Å². The van der Waals surface area contributed by atoms with Crippen LogP contribution in [-0.2, 0) is 13.1 Å². The SMILES string of the molecule is C=C1NCCCCC1NCc1ccn(Cc2ccccc2)c(=O)c1O. The zero-order valence-corrected chi connectivity index (χ0v) is 14.4. The van der Waals surface area contributed by atoms with Crippen LogP contribution >= 0.6 is 0 Å². The Hall–Kier alpha value is -2.53. The molecule has 0 radical (unpaired) electrons. The minimum Gasteiger partial charge on any atom is -0.503 e. The summed E-state index contributed by atoms with van der Waals surface area (Å²) in [5.41, 5.74) is 2.26. The lowest BCUT2D eigenvalue weighted by Gasteiger charge is -2.19. The Bertz CT molecular complexity index is 783. The third kappa shape index (κ3) is 4.31. The van der Waals surface area contributed by atoms with E-state index >= 15 is 0 Å². The maximum atomic E-state index is 12.4. The Kier molecular flexibility index (Phi) is 5.56. The van der Waals surface area contributed by atoms with Gasteiger partial charge in [-0.3, -0.25) is 4.79 Å². The van der Waals surface area contributed by atoms with Gasteiger partial charge < -0.3 is 20.3 Å². The molecule has 2 heterocycles. The summed E-state index contributed by atoms with van der Waals surface area (Å²) in [5.74, 6) is -0.182. The molecule has 5 nitrogen and oxygen atoms in total. The highest BCUT2D eigenvalue weighted by Gasteiger charge is 2.16. The van der Waals surface area contributed by atoms with E-state index in [0.717, 1.165) is 37.1 Å². The Labute approximate surface area is 148 Å². The van der Waals surface area contributed by atoms with Crippen molar-refractivity contribution in [1.82, 2.24) is 15.2 Å². The number of rotatable bonds is 5. The van der Waals surface area contributed by atoms with Gasteiger partial charge in [-0.2, -0.15) is 0 Å². The smallest absolute Gasteiger partial charge is 0.293 e. The van der Waals surface area contributed by atoms with Crippen LogP contribution in [0.15, 0.2) is 59.7 Å². The van der Waals surface area contributed by atoms with Crippen LogP contribution in [-0.4, -0.2) is 22.3 Å². The standard InChI is InChI=1S/C20H25N3O2/c1-15-18(9-5-6-11-21-15)22-13-17-10-12-23(20(25)19(17)24)14-16-7-3-2-4-8-16/h2-4,7-8,10,12,18,21-22,24H,1,5-6,9,11,13-14H2. The molecule has 1 aliphatic heterocycles. The van der Waals surface area contributed by atoms with E-state index in [1.807, 2.05) is 30.3 Å². The molecule has 132 valence electrons. The van der Waals surface area contributed by atoms with Crippen molar-refractivity contribution in [3.63, 3.8) is 0 Å². The van der Waals surface area contributed by atoms with E-state index in [4.69, 9.17) is 0 Å². The first-order chi connectivity index (χ1) is 12.1. The average molecular weight is 339 g/mol. The molecule has 0 spiro atoms. The van der Waals surface area contributed by atoms with Crippen LogP contribution in [0, 0.1) is 0 Å². The molecule has 1 aliphatic rings. The van der Waals surface area contributed by atoms with E-state index in [1.54, 1.807) is 12.3 Å². The highest BCUT2D eigenvalue weighted by Crippen LogP contribution is 2.15. The predicted octanol–water partition coefficient (Wildman–Crippen LogP) is 2.35. The lowest BCUT2D eigenvalue weighted by atomic mass is 10.1. The molecule has 0 amide bonds. The van der Waals surface area contributed by atoms with Crippen LogP contribution in [0.1, 0.15) is 30.4 Å². The van der Waals surface area contributed by atoms with Crippen LogP contribution < -0.4 is 16.2 Å². The average Bonchev–Trinajstić information content (AvgIpc) is 2.83. The second-order valence-electron chi connectivity index (χ2n) is 6.49. The largest absolute Gasteiger partial charge is 0.503 e. The van der Waals surface area contributed by atoms with Crippen LogP contribution in [0.5, 0.6) is 5.75 Å². The molecule has 1 saturated heterocycles. The first-order valence-corrected chi connectivity index (χ1v) is 8.76. The summed E-state index contributed by atoms with van der Waals surface area (Å²) < 4.78 is 1.53. The first-order valence-electron chi connectivity index (χ1n) is 8.76. The molecule has 5 heteroatoms. The summed E-state index contributed by atoms with van der Waals surface area (Å²) in [5, 5.41) is 17.0.